The molecule has 96 valence electrons. The van der Waals surface area contributed by atoms with Crippen molar-refractivity contribution in [3.63, 3.8) is 0 Å². The first-order chi connectivity index (χ1) is 8.23. The summed E-state index contributed by atoms with van der Waals surface area (Å²) in [6.07, 6.45) is -4.70. The molecule has 0 bridgehead atoms. The standard InChI is InChI=1S/C14H13F3O/c1-9-6-7-10-4-3-5-12(11(10)8-9)13(2,18)14(15,16)17/h3-8,18H,1-2H3. The van der Waals surface area contributed by atoms with Crippen molar-refractivity contribution in [2.45, 2.75) is 25.6 Å². The number of benzene rings is 2. The molecule has 1 unspecified atom stereocenters. The lowest BCUT2D eigenvalue weighted by molar-refractivity contribution is -0.258. The summed E-state index contributed by atoms with van der Waals surface area (Å²) in [5.41, 5.74) is -2.11. The van der Waals surface area contributed by atoms with Gasteiger partial charge in [-0.2, -0.15) is 13.2 Å². The summed E-state index contributed by atoms with van der Waals surface area (Å²) >= 11 is 0. The number of halogens is 3. The van der Waals surface area contributed by atoms with Crippen molar-refractivity contribution in [1.82, 2.24) is 0 Å². The van der Waals surface area contributed by atoms with Crippen molar-refractivity contribution in [3.8, 4) is 0 Å². The van der Waals surface area contributed by atoms with Crippen LogP contribution in [0.5, 0.6) is 0 Å². The van der Waals surface area contributed by atoms with Crippen molar-refractivity contribution < 1.29 is 18.3 Å². The fourth-order valence-electron chi connectivity index (χ4n) is 1.96. The molecular formula is C14H13F3O. The number of aryl methyl sites for hydroxylation is 1. The highest BCUT2D eigenvalue weighted by Gasteiger charge is 2.51. The summed E-state index contributed by atoms with van der Waals surface area (Å²) in [5.74, 6) is 0. The first-order valence-corrected chi connectivity index (χ1v) is 5.52. The Balaban J connectivity index is 2.75. The molecule has 0 heterocycles. The number of rotatable bonds is 1. The van der Waals surface area contributed by atoms with Crippen molar-refractivity contribution in [2.75, 3.05) is 0 Å². The minimum Gasteiger partial charge on any atom is -0.376 e. The monoisotopic (exact) mass is 254 g/mol. The van der Waals surface area contributed by atoms with Crippen LogP contribution < -0.4 is 0 Å². The Morgan fingerprint density at radius 1 is 1.06 bits per heavy atom. The fourth-order valence-corrected chi connectivity index (χ4v) is 1.96. The van der Waals surface area contributed by atoms with E-state index in [0.29, 0.717) is 10.8 Å². The number of hydrogen-bond donors (Lipinski definition) is 1. The first-order valence-electron chi connectivity index (χ1n) is 5.52. The van der Waals surface area contributed by atoms with Crippen LogP contribution in [0.4, 0.5) is 13.2 Å². The SMILES string of the molecule is Cc1ccc2cccc(C(C)(O)C(F)(F)F)c2c1. The van der Waals surface area contributed by atoms with Crippen LogP contribution in [0, 0.1) is 6.92 Å². The molecule has 0 saturated heterocycles. The molecule has 2 rings (SSSR count). The van der Waals surface area contributed by atoms with Crippen LogP contribution >= 0.6 is 0 Å². The number of aliphatic hydroxyl groups is 1. The maximum atomic E-state index is 12.9. The zero-order valence-electron chi connectivity index (χ0n) is 10.0. The molecule has 0 aliphatic rings. The smallest absolute Gasteiger partial charge is 0.376 e. The zero-order valence-corrected chi connectivity index (χ0v) is 10.0. The van der Waals surface area contributed by atoms with Gasteiger partial charge in [-0.15, -0.1) is 0 Å². The van der Waals surface area contributed by atoms with Crippen molar-refractivity contribution in [1.29, 1.82) is 0 Å². The molecule has 1 nitrogen and oxygen atoms in total. The molecule has 0 saturated carbocycles. The van der Waals surface area contributed by atoms with Gasteiger partial charge in [-0.05, 0) is 24.6 Å². The predicted molar refractivity (Wildman–Crippen MR) is 64.3 cm³/mol. The van der Waals surface area contributed by atoms with Crippen molar-refractivity contribution in [3.05, 3.63) is 47.5 Å². The Kier molecular flexibility index (Phi) is 2.86. The summed E-state index contributed by atoms with van der Waals surface area (Å²) in [6, 6.07) is 9.80. The Labute approximate surface area is 103 Å². The van der Waals surface area contributed by atoms with Gasteiger partial charge in [-0.3, -0.25) is 0 Å². The average Bonchev–Trinajstić information content (AvgIpc) is 2.26. The quantitative estimate of drug-likeness (QED) is 0.817. The van der Waals surface area contributed by atoms with E-state index >= 15 is 0 Å². The normalized spacial score (nSPS) is 15.7. The fraction of sp³-hybridized carbons (Fsp3) is 0.286. The van der Waals surface area contributed by atoms with Crippen molar-refractivity contribution in [2.24, 2.45) is 0 Å². The summed E-state index contributed by atoms with van der Waals surface area (Å²) in [6.45, 7) is 2.59. The van der Waals surface area contributed by atoms with Crippen LogP contribution in [0.3, 0.4) is 0 Å². The molecule has 18 heavy (non-hydrogen) atoms. The zero-order chi connectivity index (χ0) is 13.6. The summed E-state index contributed by atoms with van der Waals surface area (Å²) in [4.78, 5) is 0. The number of hydrogen-bond acceptors (Lipinski definition) is 1. The Bertz CT molecular complexity index is 585. The second-order valence-corrected chi connectivity index (χ2v) is 4.60. The van der Waals surface area contributed by atoms with Crippen LogP contribution in [0.2, 0.25) is 0 Å². The molecule has 0 aliphatic carbocycles. The second-order valence-electron chi connectivity index (χ2n) is 4.60. The van der Waals surface area contributed by atoms with E-state index in [-0.39, 0.29) is 5.56 Å². The molecule has 0 spiro atoms. The molecule has 0 radical (unpaired) electrons. The van der Waals surface area contributed by atoms with Crippen LogP contribution in [0.15, 0.2) is 36.4 Å². The van der Waals surface area contributed by atoms with E-state index in [1.54, 1.807) is 25.1 Å². The van der Waals surface area contributed by atoms with Gasteiger partial charge in [-0.25, -0.2) is 0 Å². The van der Waals surface area contributed by atoms with Crippen LogP contribution in [0.1, 0.15) is 18.1 Å². The van der Waals surface area contributed by atoms with Gasteiger partial charge in [0.15, 0.2) is 5.60 Å². The lowest BCUT2D eigenvalue weighted by Crippen LogP contribution is -2.39. The van der Waals surface area contributed by atoms with Gasteiger partial charge in [0, 0.05) is 5.56 Å². The third-order valence-corrected chi connectivity index (χ3v) is 3.11. The van der Waals surface area contributed by atoms with Gasteiger partial charge < -0.3 is 5.11 Å². The third kappa shape index (κ3) is 1.97. The van der Waals surface area contributed by atoms with Crippen LogP contribution in [-0.4, -0.2) is 11.3 Å². The van der Waals surface area contributed by atoms with E-state index in [1.165, 1.54) is 12.1 Å². The number of alkyl halides is 3. The molecule has 1 atom stereocenters. The highest BCUT2D eigenvalue weighted by atomic mass is 19.4. The molecule has 2 aromatic rings. The molecule has 4 heteroatoms. The largest absolute Gasteiger partial charge is 0.421 e. The van der Waals surface area contributed by atoms with Crippen LogP contribution in [0.25, 0.3) is 10.8 Å². The van der Waals surface area contributed by atoms with Gasteiger partial charge in [0.1, 0.15) is 0 Å². The van der Waals surface area contributed by atoms with Crippen molar-refractivity contribution >= 4 is 10.8 Å². The van der Waals surface area contributed by atoms with Crippen LogP contribution in [-0.2, 0) is 5.60 Å². The van der Waals surface area contributed by atoms with Gasteiger partial charge in [0.2, 0.25) is 0 Å². The number of fused-ring (bicyclic) bond motifs is 1. The predicted octanol–water partition coefficient (Wildman–Crippen LogP) is 3.92. The van der Waals surface area contributed by atoms with E-state index < -0.39 is 11.8 Å². The molecule has 1 N–H and O–H groups in total. The van der Waals surface area contributed by atoms with E-state index in [9.17, 15) is 18.3 Å². The van der Waals surface area contributed by atoms with E-state index in [2.05, 4.69) is 0 Å². The van der Waals surface area contributed by atoms with E-state index in [0.717, 1.165) is 12.5 Å². The molecule has 0 aliphatic heterocycles. The Morgan fingerprint density at radius 3 is 2.33 bits per heavy atom. The van der Waals surface area contributed by atoms with Gasteiger partial charge in [-0.1, -0.05) is 42.0 Å². The first kappa shape index (κ1) is 12.9. The van der Waals surface area contributed by atoms with Gasteiger partial charge >= 0.3 is 6.18 Å². The minimum atomic E-state index is -4.70. The van der Waals surface area contributed by atoms with E-state index in [4.69, 9.17) is 0 Å². The molecule has 0 amide bonds. The topological polar surface area (TPSA) is 20.2 Å². The molecule has 2 aromatic carbocycles. The van der Waals surface area contributed by atoms with E-state index in [1.807, 2.05) is 6.07 Å². The summed E-state index contributed by atoms with van der Waals surface area (Å²) < 4.78 is 38.7. The molecular weight excluding hydrogens is 241 g/mol. The third-order valence-electron chi connectivity index (χ3n) is 3.11. The molecule has 0 fully saturated rings. The maximum Gasteiger partial charge on any atom is 0.421 e. The Morgan fingerprint density at radius 2 is 1.72 bits per heavy atom. The summed E-state index contributed by atoms with van der Waals surface area (Å²) in [7, 11) is 0. The van der Waals surface area contributed by atoms with Gasteiger partial charge in [0.25, 0.3) is 0 Å². The molecule has 0 aromatic heterocycles. The highest BCUT2D eigenvalue weighted by molar-refractivity contribution is 5.87. The Hall–Kier alpha value is -1.55. The minimum absolute atomic E-state index is 0.115. The highest BCUT2D eigenvalue weighted by Crippen LogP contribution is 2.41. The summed E-state index contributed by atoms with van der Waals surface area (Å²) in [5, 5.41) is 10.9. The second kappa shape index (κ2) is 3.99. The average molecular weight is 254 g/mol. The lowest BCUT2D eigenvalue weighted by atomic mass is 9.90. The lowest BCUT2D eigenvalue weighted by Gasteiger charge is -2.28. The van der Waals surface area contributed by atoms with Gasteiger partial charge in [0.05, 0.1) is 0 Å². The maximum absolute atomic E-state index is 12.9.